The first-order chi connectivity index (χ1) is 13.0. The molecule has 10 heteroatoms. The van der Waals surface area contributed by atoms with Crippen molar-refractivity contribution < 1.29 is 33.6 Å². The Labute approximate surface area is 160 Å². The number of benzene rings is 1. The number of hydrogen-bond acceptors (Lipinski definition) is 9. The van der Waals surface area contributed by atoms with Crippen LogP contribution >= 0.6 is 0 Å². The van der Waals surface area contributed by atoms with Crippen molar-refractivity contribution in [2.75, 3.05) is 14.2 Å². The second-order valence-electron chi connectivity index (χ2n) is 6.88. The molecule has 0 radical (unpaired) electrons. The number of methoxy groups -OCH3 is 2. The smallest absolute Gasteiger partial charge is 0.376 e. The predicted molar refractivity (Wildman–Crippen MR) is 94.9 cm³/mol. The van der Waals surface area contributed by atoms with Crippen LogP contribution in [0, 0.1) is 10.1 Å². The lowest BCUT2D eigenvalue weighted by atomic mass is 9.93. The summed E-state index contributed by atoms with van der Waals surface area (Å²) in [6, 6.07) is 3.59. The molecule has 0 aromatic heterocycles. The lowest BCUT2D eigenvalue weighted by Gasteiger charge is -2.34. The second kappa shape index (κ2) is 7.77. The third-order valence-electron chi connectivity index (χ3n) is 3.99. The van der Waals surface area contributed by atoms with E-state index in [4.69, 9.17) is 9.57 Å². The molecule has 0 amide bonds. The van der Waals surface area contributed by atoms with E-state index >= 15 is 0 Å². The van der Waals surface area contributed by atoms with E-state index in [-0.39, 0.29) is 16.8 Å². The Balaban J connectivity index is 2.59. The quantitative estimate of drug-likeness (QED) is 0.319. The molecule has 10 nitrogen and oxygen atoms in total. The molecular formula is C18H20N2O8. The van der Waals surface area contributed by atoms with Crippen LogP contribution in [0.3, 0.4) is 0 Å². The van der Waals surface area contributed by atoms with Crippen LogP contribution in [0.15, 0.2) is 35.6 Å². The largest absolute Gasteiger partial charge is 0.465 e. The van der Waals surface area contributed by atoms with Gasteiger partial charge >= 0.3 is 11.9 Å². The Morgan fingerprint density at radius 3 is 2.04 bits per heavy atom. The molecular weight excluding hydrogens is 372 g/mol. The van der Waals surface area contributed by atoms with E-state index < -0.39 is 40.0 Å². The fraction of sp³-hybridized carbons (Fsp3) is 0.389. The van der Waals surface area contributed by atoms with E-state index in [0.29, 0.717) is 0 Å². The monoisotopic (exact) mass is 392 g/mol. The van der Waals surface area contributed by atoms with Gasteiger partial charge in [-0.15, -0.1) is 5.06 Å². The molecule has 0 unspecified atom stereocenters. The lowest BCUT2D eigenvalue weighted by molar-refractivity contribution is -0.384. The van der Waals surface area contributed by atoms with Gasteiger partial charge in [0, 0.05) is 23.2 Å². The zero-order chi connectivity index (χ0) is 21.2. The molecule has 2 rings (SSSR count). The van der Waals surface area contributed by atoms with Gasteiger partial charge in [0.1, 0.15) is 11.6 Å². The third kappa shape index (κ3) is 3.86. The molecule has 1 aromatic rings. The van der Waals surface area contributed by atoms with Crippen molar-refractivity contribution in [2.24, 2.45) is 0 Å². The van der Waals surface area contributed by atoms with Gasteiger partial charge in [-0.3, -0.25) is 14.9 Å². The van der Waals surface area contributed by atoms with E-state index in [1.54, 1.807) is 20.8 Å². The molecule has 0 bridgehead atoms. The van der Waals surface area contributed by atoms with Crippen LogP contribution in [0.1, 0.15) is 31.1 Å². The normalized spacial score (nSPS) is 17.1. The number of non-ortho nitro benzene ring substituents is 1. The van der Waals surface area contributed by atoms with Gasteiger partial charge in [-0.05, 0) is 32.9 Å². The molecule has 150 valence electrons. The van der Waals surface area contributed by atoms with Crippen molar-refractivity contribution >= 4 is 23.4 Å². The van der Waals surface area contributed by atoms with E-state index in [2.05, 4.69) is 4.74 Å². The van der Waals surface area contributed by atoms with Gasteiger partial charge in [0.15, 0.2) is 5.78 Å². The molecule has 0 aliphatic carbocycles. The number of hydrogen-bond donors (Lipinski definition) is 0. The molecule has 0 fully saturated rings. The standard InChI is InChI=1S/C18H20N2O8/c1-18(2,3)19-13(12(16(22)26-4)15(28-19)17(23)27-5)14(21)10-6-8-11(9-7-10)20(24)25/h6-9,13H,1-5H3/t13-/m1/s1. The van der Waals surface area contributed by atoms with Crippen LogP contribution in [0.25, 0.3) is 0 Å². The number of ether oxygens (including phenoxy) is 2. The summed E-state index contributed by atoms with van der Waals surface area (Å²) < 4.78 is 9.39. The Kier molecular flexibility index (Phi) is 5.84. The predicted octanol–water partition coefficient (Wildman–Crippen LogP) is 1.79. The highest BCUT2D eigenvalue weighted by Gasteiger charge is 2.50. The van der Waals surface area contributed by atoms with Crippen LogP contribution in [-0.2, 0) is 23.9 Å². The molecule has 1 atom stereocenters. The van der Waals surface area contributed by atoms with Gasteiger partial charge in [0.2, 0.25) is 5.76 Å². The van der Waals surface area contributed by atoms with E-state index in [9.17, 15) is 24.5 Å². The fourth-order valence-electron chi connectivity index (χ4n) is 2.66. The Bertz CT molecular complexity index is 851. The SMILES string of the molecule is COC(=O)C1=C(C(=O)OC)[C@H](C(=O)c2ccc([N+](=O)[O-])cc2)N(C(C)(C)C)O1. The Morgan fingerprint density at radius 1 is 1.07 bits per heavy atom. The van der Waals surface area contributed by atoms with Crippen LogP contribution in [-0.4, -0.2) is 53.5 Å². The topological polar surface area (TPSA) is 125 Å². The van der Waals surface area contributed by atoms with Gasteiger partial charge < -0.3 is 14.3 Å². The number of nitro benzene ring substituents is 1. The number of ketones is 1. The zero-order valence-corrected chi connectivity index (χ0v) is 16.0. The summed E-state index contributed by atoms with van der Waals surface area (Å²) in [5, 5.41) is 12.0. The maximum Gasteiger partial charge on any atom is 0.376 e. The van der Waals surface area contributed by atoms with Crippen LogP contribution in [0.4, 0.5) is 5.69 Å². The Morgan fingerprint density at radius 2 is 1.61 bits per heavy atom. The highest BCUT2D eigenvalue weighted by Crippen LogP contribution is 2.35. The van der Waals surface area contributed by atoms with Crippen LogP contribution < -0.4 is 0 Å². The number of carbonyl (C=O) groups is 3. The van der Waals surface area contributed by atoms with Gasteiger partial charge in [0.25, 0.3) is 5.69 Å². The van der Waals surface area contributed by atoms with Crippen molar-refractivity contribution in [3.8, 4) is 0 Å². The van der Waals surface area contributed by atoms with E-state index in [0.717, 1.165) is 14.2 Å². The van der Waals surface area contributed by atoms with Crippen molar-refractivity contribution in [1.29, 1.82) is 0 Å². The number of carbonyl (C=O) groups excluding carboxylic acids is 3. The lowest BCUT2D eigenvalue weighted by Crippen LogP contribution is -2.49. The summed E-state index contributed by atoms with van der Waals surface area (Å²) in [4.78, 5) is 53.4. The van der Waals surface area contributed by atoms with Gasteiger partial charge in [-0.1, -0.05) is 0 Å². The number of nitrogens with zero attached hydrogens (tertiary/aromatic N) is 2. The minimum absolute atomic E-state index is 0.0981. The first-order valence-electron chi connectivity index (χ1n) is 8.19. The van der Waals surface area contributed by atoms with Gasteiger partial charge in [0.05, 0.1) is 19.1 Å². The highest BCUT2D eigenvalue weighted by molar-refractivity contribution is 6.11. The Hall–Kier alpha value is -3.27. The van der Waals surface area contributed by atoms with E-state index in [1.807, 2.05) is 0 Å². The van der Waals surface area contributed by atoms with Crippen molar-refractivity contribution in [3.05, 3.63) is 51.3 Å². The second-order valence-corrected chi connectivity index (χ2v) is 6.88. The minimum Gasteiger partial charge on any atom is -0.465 e. The number of hydroxylamine groups is 2. The number of rotatable bonds is 5. The molecule has 1 aliphatic rings. The summed E-state index contributed by atoms with van der Waals surface area (Å²) in [5.74, 6) is -2.89. The average molecular weight is 392 g/mol. The molecule has 28 heavy (non-hydrogen) atoms. The molecule has 1 aromatic carbocycles. The summed E-state index contributed by atoms with van der Waals surface area (Å²) >= 11 is 0. The molecule has 1 heterocycles. The summed E-state index contributed by atoms with van der Waals surface area (Å²) in [6.45, 7) is 5.16. The number of nitro groups is 1. The maximum atomic E-state index is 13.2. The van der Waals surface area contributed by atoms with Crippen molar-refractivity contribution in [1.82, 2.24) is 5.06 Å². The molecule has 0 saturated heterocycles. The summed E-state index contributed by atoms with van der Waals surface area (Å²) in [5.41, 5.74) is -1.18. The molecule has 0 spiro atoms. The summed E-state index contributed by atoms with van der Waals surface area (Å²) in [6.07, 6.45) is 0. The van der Waals surface area contributed by atoms with Crippen molar-refractivity contribution in [2.45, 2.75) is 32.4 Å². The van der Waals surface area contributed by atoms with Crippen molar-refractivity contribution in [3.63, 3.8) is 0 Å². The van der Waals surface area contributed by atoms with Gasteiger partial charge in [-0.2, -0.15) is 0 Å². The average Bonchev–Trinajstić information content (AvgIpc) is 3.07. The number of Topliss-reactive ketones (excluding diaryl/α,β-unsaturated/α-hetero) is 1. The fourth-order valence-corrected chi connectivity index (χ4v) is 2.66. The summed E-state index contributed by atoms with van der Waals surface area (Å²) in [7, 11) is 2.22. The number of esters is 2. The maximum absolute atomic E-state index is 13.2. The molecule has 0 N–H and O–H groups in total. The minimum atomic E-state index is -1.30. The zero-order valence-electron chi connectivity index (χ0n) is 16.0. The molecule has 0 saturated carbocycles. The first kappa shape index (κ1) is 21.0. The molecule has 1 aliphatic heterocycles. The first-order valence-corrected chi connectivity index (χ1v) is 8.19. The van der Waals surface area contributed by atoms with E-state index in [1.165, 1.54) is 29.3 Å². The van der Waals surface area contributed by atoms with Crippen LogP contribution in [0.2, 0.25) is 0 Å². The highest BCUT2D eigenvalue weighted by atomic mass is 16.7. The third-order valence-corrected chi connectivity index (χ3v) is 3.99. The van der Waals surface area contributed by atoms with Crippen LogP contribution in [0.5, 0.6) is 0 Å². The van der Waals surface area contributed by atoms with Gasteiger partial charge in [-0.25, -0.2) is 9.59 Å².